The van der Waals surface area contributed by atoms with E-state index in [4.69, 9.17) is 0 Å². The summed E-state index contributed by atoms with van der Waals surface area (Å²) in [5, 5.41) is 3.61. The smallest absolute Gasteiger partial charge is 0.264 e. The molecule has 0 aliphatic heterocycles. The molecule has 8 heteroatoms. The summed E-state index contributed by atoms with van der Waals surface area (Å²) in [7, 11) is -4.71. The Bertz CT molecular complexity index is 963. The van der Waals surface area contributed by atoms with Crippen LogP contribution in [0.2, 0.25) is 0 Å². The molecule has 0 fully saturated rings. The Balaban J connectivity index is 1.96. The van der Waals surface area contributed by atoms with E-state index in [2.05, 4.69) is 9.44 Å². The molecule has 1 aliphatic rings. The summed E-state index contributed by atoms with van der Waals surface area (Å²) in [6.45, 7) is 0. The van der Waals surface area contributed by atoms with E-state index in [-0.39, 0.29) is 0 Å². The van der Waals surface area contributed by atoms with E-state index in [1.54, 1.807) is 18.2 Å². The number of alkyl halides is 3. The van der Waals surface area contributed by atoms with Gasteiger partial charge in [0.05, 0.1) is 11.3 Å². The minimum absolute atomic E-state index is 0.313. The fourth-order valence-electron chi connectivity index (χ4n) is 2.45. The van der Waals surface area contributed by atoms with Crippen molar-refractivity contribution >= 4 is 21.9 Å². The molecule has 3 rings (SSSR count). The van der Waals surface area contributed by atoms with Gasteiger partial charge in [0.25, 0.3) is 0 Å². The number of hydrogen-bond acceptors (Lipinski definition) is 4. The van der Waals surface area contributed by atoms with Crippen molar-refractivity contribution in [3.63, 3.8) is 0 Å². The van der Waals surface area contributed by atoms with Gasteiger partial charge in [-0.1, -0.05) is 53.7 Å². The molecule has 0 saturated heterocycles. The second-order valence-corrected chi connectivity index (χ2v) is 6.75. The van der Waals surface area contributed by atoms with E-state index in [1.807, 2.05) is 18.2 Å². The number of hydrogen-bond donors (Lipinski definition) is 0. The zero-order chi connectivity index (χ0) is 18.1. The zero-order valence-electron chi connectivity index (χ0n) is 12.7. The van der Waals surface area contributed by atoms with Gasteiger partial charge in [0.15, 0.2) is 0 Å². The highest BCUT2D eigenvalue weighted by Crippen LogP contribution is 2.34. The van der Waals surface area contributed by atoms with Gasteiger partial charge >= 0.3 is 16.3 Å². The molecule has 0 atom stereocenters. The molecule has 25 heavy (non-hydrogen) atoms. The molecular formula is C17H12F3NO3S. The maximum absolute atomic E-state index is 13.0. The van der Waals surface area contributed by atoms with Crippen LogP contribution in [0.25, 0.3) is 6.08 Å². The standard InChI is InChI=1S/C17H12F3NO3S/c18-17(19,20)14-9-3-4-11-16(14)25(22,23)24-21-15-10-5-7-12-6-1-2-8-13(12)15/h1-9,11H,10H2. The van der Waals surface area contributed by atoms with E-state index < -0.39 is 26.8 Å². The SMILES string of the molecule is O=S(=O)(ON=C1CC=Cc2ccccc21)c1ccccc1C(F)(F)F. The lowest BCUT2D eigenvalue weighted by atomic mass is 9.96. The van der Waals surface area contributed by atoms with Gasteiger partial charge in [0.1, 0.15) is 4.90 Å². The predicted octanol–water partition coefficient (Wildman–Crippen LogP) is 4.23. The Kier molecular flexibility index (Phi) is 4.38. The lowest BCUT2D eigenvalue weighted by Gasteiger charge is -2.14. The molecule has 0 heterocycles. The number of oxime groups is 1. The van der Waals surface area contributed by atoms with Crippen LogP contribution >= 0.6 is 0 Å². The first-order valence-electron chi connectivity index (χ1n) is 7.22. The number of halogens is 3. The van der Waals surface area contributed by atoms with Crippen LogP contribution in [0.15, 0.2) is 64.7 Å². The number of fused-ring (bicyclic) bond motifs is 1. The molecular weight excluding hydrogens is 355 g/mol. The average Bonchev–Trinajstić information content (AvgIpc) is 2.59. The topological polar surface area (TPSA) is 55.7 Å². The van der Waals surface area contributed by atoms with Crippen molar-refractivity contribution < 1.29 is 25.9 Å². The molecule has 0 saturated carbocycles. The number of allylic oxidation sites excluding steroid dienone is 1. The summed E-state index contributed by atoms with van der Waals surface area (Å²) < 4.78 is 68.0. The van der Waals surface area contributed by atoms with E-state index in [9.17, 15) is 21.6 Å². The third-order valence-electron chi connectivity index (χ3n) is 3.59. The summed E-state index contributed by atoms with van der Waals surface area (Å²) >= 11 is 0. The third kappa shape index (κ3) is 3.58. The number of rotatable bonds is 3. The summed E-state index contributed by atoms with van der Waals surface area (Å²) in [6, 6.07) is 10.9. The molecule has 0 unspecified atom stereocenters. The van der Waals surface area contributed by atoms with Gasteiger partial charge in [-0.3, -0.25) is 4.28 Å². The van der Waals surface area contributed by atoms with Crippen LogP contribution < -0.4 is 0 Å². The maximum atomic E-state index is 13.0. The van der Waals surface area contributed by atoms with E-state index in [0.717, 1.165) is 17.7 Å². The minimum atomic E-state index is -4.82. The maximum Gasteiger partial charge on any atom is 0.417 e. The number of nitrogens with zero attached hydrogens (tertiary/aromatic N) is 1. The Morgan fingerprint density at radius 2 is 1.68 bits per heavy atom. The van der Waals surface area contributed by atoms with Crippen LogP contribution in [-0.2, 0) is 20.6 Å². The Morgan fingerprint density at radius 3 is 2.44 bits per heavy atom. The molecule has 0 aromatic heterocycles. The minimum Gasteiger partial charge on any atom is -0.264 e. The van der Waals surface area contributed by atoms with Crippen molar-refractivity contribution in [3.05, 3.63) is 71.3 Å². The predicted molar refractivity (Wildman–Crippen MR) is 86.3 cm³/mol. The third-order valence-corrected chi connectivity index (χ3v) is 4.75. The fourth-order valence-corrected chi connectivity index (χ4v) is 3.42. The van der Waals surface area contributed by atoms with Crippen molar-refractivity contribution in [1.82, 2.24) is 0 Å². The zero-order valence-corrected chi connectivity index (χ0v) is 13.5. The van der Waals surface area contributed by atoms with Crippen LogP contribution in [0.3, 0.4) is 0 Å². The normalized spacial score (nSPS) is 15.9. The van der Waals surface area contributed by atoms with Gasteiger partial charge in [0.2, 0.25) is 0 Å². The van der Waals surface area contributed by atoms with Crippen molar-refractivity contribution in [2.45, 2.75) is 17.5 Å². The lowest BCUT2D eigenvalue weighted by molar-refractivity contribution is -0.140. The first kappa shape index (κ1) is 17.2. The summed E-state index contributed by atoms with van der Waals surface area (Å²) in [4.78, 5) is -0.966. The highest BCUT2D eigenvalue weighted by atomic mass is 32.2. The van der Waals surface area contributed by atoms with Crippen LogP contribution in [0, 0.1) is 0 Å². The van der Waals surface area contributed by atoms with Crippen LogP contribution in [0.5, 0.6) is 0 Å². The molecule has 0 bridgehead atoms. The molecule has 2 aromatic rings. The molecule has 2 aromatic carbocycles. The molecule has 4 nitrogen and oxygen atoms in total. The van der Waals surface area contributed by atoms with Crippen molar-refractivity contribution in [3.8, 4) is 0 Å². The molecule has 0 radical (unpaired) electrons. The second-order valence-electron chi connectivity index (χ2n) is 5.25. The van der Waals surface area contributed by atoms with Gasteiger partial charge in [-0.05, 0) is 17.7 Å². The molecule has 0 amide bonds. The van der Waals surface area contributed by atoms with Crippen LogP contribution in [0.4, 0.5) is 13.2 Å². The Hall–Kier alpha value is -2.61. The van der Waals surface area contributed by atoms with Crippen LogP contribution in [0.1, 0.15) is 23.1 Å². The second kappa shape index (κ2) is 6.36. The largest absolute Gasteiger partial charge is 0.417 e. The molecule has 130 valence electrons. The van der Waals surface area contributed by atoms with Crippen molar-refractivity contribution in [2.75, 3.05) is 0 Å². The van der Waals surface area contributed by atoms with Gasteiger partial charge in [0, 0.05) is 12.0 Å². The summed E-state index contributed by atoms with van der Waals surface area (Å²) in [6.07, 6.45) is -0.892. The molecule has 0 spiro atoms. The van der Waals surface area contributed by atoms with Gasteiger partial charge in [-0.15, -0.1) is 0 Å². The van der Waals surface area contributed by atoms with Crippen LogP contribution in [-0.4, -0.2) is 14.1 Å². The average molecular weight is 367 g/mol. The van der Waals surface area contributed by atoms with E-state index in [1.165, 1.54) is 6.07 Å². The van der Waals surface area contributed by atoms with Crippen molar-refractivity contribution in [2.24, 2.45) is 5.16 Å². The van der Waals surface area contributed by atoms with Gasteiger partial charge < -0.3 is 0 Å². The van der Waals surface area contributed by atoms with E-state index >= 15 is 0 Å². The highest BCUT2D eigenvalue weighted by Gasteiger charge is 2.37. The van der Waals surface area contributed by atoms with E-state index in [0.29, 0.717) is 23.8 Å². The quantitative estimate of drug-likeness (QED) is 0.763. The van der Waals surface area contributed by atoms with Crippen molar-refractivity contribution in [1.29, 1.82) is 0 Å². The highest BCUT2D eigenvalue weighted by molar-refractivity contribution is 7.86. The van der Waals surface area contributed by atoms with Gasteiger partial charge in [-0.2, -0.15) is 21.6 Å². The fraction of sp³-hybridized carbons (Fsp3) is 0.118. The molecule has 0 N–H and O–H groups in total. The van der Waals surface area contributed by atoms with Gasteiger partial charge in [-0.25, -0.2) is 0 Å². The summed E-state index contributed by atoms with van der Waals surface area (Å²) in [5.41, 5.74) is 0.527. The first-order chi connectivity index (χ1) is 11.8. The first-order valence-corrected chi connectivity index (χ1v) is 8.62. The monoisotopic (exact) mass is 367 g/mol. The lowest BCUT2D eigenvalue weighted by Crippen LogP contribution is -2.15. The Morgan fingerprint density at radius 1 is 1.00 bits per heavy atom. The summed E-state index contributed by atoms with van der Waals surface area (Å²) in [5.74, 6) is 0. The Labute approximate surface area is 142 Å². The molecule has 1 aliphatic carbocycles. The number of benzene rings is 2.